The summed E-state index contributed by atoms with van der Waals surface area (Å²) in [6.07, 6.45) is -16.0. The van der Waals surface area contributed by atoms with Crippen LogP contribution in [-0.2, 0) is 23.8 Å². The number of benzene rings is 1. The molecule has 3 heterocycles. The van der Waals surface area contributed by atoms with Crippen molar-refractivity contribution < 1.29 is 74.9 Å². The normalized spacial score (nSPS) is 40.2. The number of ether oxygens (including phenoxy) is 3. The third-order valence-electron chi connectivity index (χ3n) is 7.93. The number of rotatable bonds is 6. The highest BCUT2D eigenvalue weighted by Crippen LogP contribution is 2.50. The number of carbonyl (C=O) groups is 2. The van der Waals surface area contributed by atoms with Crippen LogP contribution in [0.3, 0.4) is 0 Å². The second kappa shape index (κ2) is 11.1. The molecule has 1 aromatic rings. The van der Waals surface area contributed by atoms with E-state index in [1.807, 2.05) is 0 Å². The Labute approximate surface area is 237 Å². The molecule has 0 saturated carbocycles. The molecule has 228 valence electrons. The lowest BCUT2D eigenvalue weighted by Crippen LogP contribution is -2.68. The van der Waals surface area contributed by atoms with E-state index in [0.29, 0.717) is 5.56 Å². The van der Waals surface area contributed by atoms with Crippen LogP contribution in [0.15, 0.2) is 53.0 Å². The number of aliphatic hydroxyl groups excluding tert-OH is 8. The predicted molar refractivity (Wildman–Crippen MR) is 135 cm³/mol. The highest BCUT2D eigenvalue weighted by molar-refractivity contribution is 6.29. The van der Waals surface area contributed by atoms with Crippen molar-refractivity contribution in [1.82, 2.24) is 0 Å². The molecule has 0 amide bonds. The average molecular weight is 595 g/mol. The van der Waals surface area contributed by atoms with Crippen molar-refractivity contribution >= 4 is 17.6 Å². The Morgan fingerprint density at radius 1 is 0.857 bits per heavy atom. The van der Waals surface area contributed by atoms with Crippen molar-refractivity contribution in [2.75, 3.05) is 13.2 Å². The van der Waals surface area contributed by atoms with Gasteiger partial charge in [-0.3, -0.25) is 9.59 Å². The van der Waals surface area contributed by atoms with Gasteiger partial charge in [-0.15, -0.1) is 0 Å². The van der Waals surface area contributed by atoms with Crippen molar-refractivity contribution in [3.05, 3.63) is 58.6 Å². The van der Waals surface area contributed by atoms with Gasteiger partial charge < -0.3 is 65.3 Å². The van der Waals surface area contributed by atoms with Crippen molar-refractivity contribution in [2.45, 2.75) is 66.6 Å². The monoisotopic (exact) mass is 594 g/mol. The molecule has 42 heavy (non-hydrogen) atoms. The van der Waals surface area contributed by atoms with Gasteiger partial charge in [0.1, 0.15) is 77.8 Å². The van der Waals surface area contributed by atoms with E-state index < -0.39 is 114 Å². The first kappa shape index (κ1) is 30.2. The molecular weight excluding hydrogens is 564 g/mol. The second-order valence-corrected chi connectivity index (χ2v) is 10.4. The number of hydrogen-bond acceptors (Lipinski definition) is 15. The van der Waals surface area contributed by atoms with E-state index in [1.54, 1.807) is 0 Å². The number of hydrogen-bond donors (Lipinski definition) is 10. The Balaban J connectivity index is 1.64. The lowest BCUT2D eigenvalue weighted by atomic mass is 9.73. The Hall–Kier alpha value is -3.22. The Morgan fingerprint density at radius 3 is 2.07 bits per heavy atom. The van der Waals surface area contributed by atoms with E-state index >= 15 is 0 Å². The predicted octanol–water partition coefficient (Wildman–Crippen LogP) is -3.92. The molecule has 0 unspecified atom stereocenters. The Kier molecular flexibility index (Phi) is 8.01. The summed E-state index contributed by atoms with van der Waals surface area (Å²) in [5.74, 6) is -4.64. The Morgan fingerprint density at radius 2 is 1.45 bits per heavy atom. The van der Waals surface area contributed by atoms with Crippen molar-refractivity contribution in [2.24, 2.45) is 0 Å². The summed E-state index contributed by atoms with van der Waals surface area (Å²) >= 11 is 0. The number of fused-ring (bicyclic) bond motifs is 2. The summed E-state index contributed by atoms with van der Waals surface area (Å²) in [5, 5.41) is 105. The van der Waals surface area contributed by atoms with E-state index in [2.05, 4.69) is 0 Å². The SMILES string of the molecule is O=C(C=Cc1ccc(O)cc1)C1=C(O)C2=C(O[C@@H]3[C@@H](O)[C@H](O)[C@@H](CO)O[C@@H]23)[C@@](O)([C@H]2O[C@H](CO)[C@@H](O)[C@H](O)[C@@H]2O)C1=O. The molecule has 0 aromatic heterocycles. The zero-order chi connectivity index (χ0) is 30.7. The number of phenolic OH excluding ortho intramolecular Hbond substituents is 1. The largest absolute Gasteiger partial charge is 0.508 e. The number of ketones is 2. The summed E-state index contributed by atoms with van der Waals surface area (Å²) < 4.78 is 16.7. The minimum Gasteiger partial charge on any atom is -0.508 e. The Bertz CT molecular complexity index is 1330. The van der Waals surface area contributed by atoms with Crippen LogP contribution >= 0.6 is 0 Å². The van der Waals surface area contributed by atoms with E-state index in [9.17, 15) is 60.7 Å². The van der Waals surface area contributed by atoms with Crippen molar-refractivity contribution in [3.8, 4) is 5.75 Å². The molecule has 3 aliphatic heterocycles. The highest BCUT2D eigenvalue weighted by atomic mass is 16.6. The third-order valence-corrected chi connectivity index (χ3v) is 7.93. The molecular formula is C27H30O15. The second-order valence-electron chi connectivity index (χ2n) is 10.4. The van der Waals surface area contributed by atoms with Gasteiger partial charge in [-0.25, -0.2) is 0 Å². The van der Waals surface area contributed by atoms with Gasteiger partial charge in [0.05, 0.1) is 18.8 Å². The molecule has 0 spiro atoms. The molecule has 5 rings (SSSR count). The van der Waals surface area contributed by atoms with Crippen LogP contribution in [0, 0.1) is 0 Å². The fraction of sp³-hybridized carbons (Fsp3) is 0.481. The number of aliphatic hydroxyl groups is 9. The molecule has 11 atom stereocenters. The van der Waals surface area contributed by atoms with Gasteiger partial charge in [-0.05, 0) is 23.8 Å². The van der Waals surface area contributed by atoms with Crippen LogP contribution < -0.4 is 0 Å². The first-order valence-corrected chi connectivity index (χ1v) is 12.9. The topological polar surface area (TPSA) is 264 Å². The molecule has 1 aromatic carbocycles. The van der Waals surface area contributed by atoms with Crippen molar-refractivity contribution in [1.29, 1.82) is 0 Å². The maximum atomic E-state index is 13.9. The van der Waals surface area contributed by atoms with Crippen molar-refractivity contribution in [3.63, 3.8) is 0 Å². The van der Waals surface area contributed by atoms with Crippen LogP contribution in [0.4, 0.5) is 0 Å². The quantitative estimate of drug-likeness (QED) is 0.111. The van der Waals surface area contributed by atoms with E-state index in [1.165, 1.54) is 30.3 Å². The molecule has 15 heteroatoms. The highest BCUT2D eigenvalue weighted by Gasteiger charge is 2.67. The van der Waals surface area contributed by atoms with Gasteiger partial charge in [0.25, 0.3) is 0 Å². The first-order valence-electron chi connectivity index (χ1n) is 12.9. The third kappa shape index (κ3) is 4.55. The van der Waals surface area contributed by atoms with Crippen LogP contribution in [0.5, 0.6) is 5.75 Å². The summed E-state index contributed by atoms with van der Waals surface area (Å²) in [6, 6.07) is 5.53. The van der Waals surface area contributed by atoms with E-state index in [0.717, 1.165) is 6.08 Å². The fourth-order valence-corrected chi connectivity index (χ4v) is 5.63. The number of aromatic hydroxyl groups is 1. The number of Topliss-reactive ketones (excluding diaryl/α,β-unsaturated/α-hetero) is 1. The zero-order valence-electron chi connectivity index (χ0n) is 21.7. The average Bonchev–Trinajstić information content (AvgIpc) is 3.37. The van der Waals surface area contributed by atoms with Crippen LogP contribution in [-0.4, -0.2) is 142 Å². The lowest BCUT2D eigenvalue weighted by molar-refractivity contribution is -0.266. The molecule has 1 aliphatic carbocycles. The summed E-state index contributed by atoms with van der Waals surface area (Å²) in [7, 11) is 0. The van der Waals surface area contributed by atoms with E-state index in [-0.39, 0.29) is 5.75 Å². The van der Waals surface area contributed by atoms with Crippen LogP contribution in [0.25, 0.3) is 6.08 Å². The summed E-state index contributed by atoms with van der Waals surface area (Å²) in [5.41, 5.74) is -4.38. The molecule has 10 N–H and O–H groups in total. The molecule has 4 aliphatic rings. The molecule has 15 nitrogen and oxygen atoms in total. The van der Waals surface area contributed by atoms with E-state index in [4.69, 9.17) is 14.2 Å². The molecule has 0 radical (unpaired) electrons. The van der Waals surface area contributed by atoms with Crippen LogP contribution in [0.1, 0.15) is 5.56 Å². The zero-order valence-corrected chi connectivity index (χ0v) is 21.7. The summed E-state index contributed by atoms with van der Waals surface area (Å²) in [6.45, 7) is -1.73. The smallest absolute Gasteiger partial charge is 0.214 e. The standard InChI is InChI=1S/C27H30O15/c28-7-12-17(33)20(36)23-22(40-12)15-18(34)14(11(31)6-3-9-1-4-10(30)5-2-9)24(38)27(39,25(15)42-23)26-21(37)19(35)16(32)13(8-29)41-26/h1-6,12-13,16-17,19-23,26,28-30,32-37,39H,7-8H2/t12-,13-,16-,17-,19+,20+,21+,22+,23-,26+,27-/m1/s1. The lowest BCUT2D eigenvalue weighted by Gasteiger charge is -2.47. The molecule has 2 saturated heterocycles. The van der Waals surface area contributed by atoms with Gasteiger partial charge >= 0.3 is 0 Å². The minimum atomic E-state index is -3.22. The number of phenols is 1. The number of carbonyl (C=O) groups excluding carboxylic acids is 2. The fourth-order valence-electron chi connectivity index (χ4n) is 5.63. The summed E-state index contributed by atoms with van der Waals surface area (Å²) in [4.78, 5) is 27.3. The van der Waals surface area contributed by atoms with Gasteiger partial charge in [-0.1, -0.05) is 18.2 Å². The first-order chi connectivity index (χ1) is 19.9. The molecule has 0 bridgehead atoms. The van der Waals surface area contributed by atoms with Gasteiger partial charge in [-0.2, -0.15) is 0 Å². The minimum absolute atomic E-state index is 0.0536. The van der Waals surface area contributed by atoms with Gasteiger partial charge in [0, 0.05) is 0 Å². The van der Waals surface area contributed by atoms with Crippen LogP contribution in [0.2, 0.25) is 0 Å². The number of allylic oxidation sites excluding steroid dienone is 1. The maximum absolute atomic E-state index is 13.9. The molecule has 2 fully saturated rings. The van der Waals surface area contributed by atoms with Gasteiger partial charge in [0.2, 0.25) is 11.4 Å². The van der Waals surface area contributed by atoms with Gasteiger partial charge in [0.15, 0.2) is 11.9 Å². The maximum Gasteiger partial charge on any atom is 0.214 e.